The van der Waals surface area contributed by atoms with Gasteiger partial charge in [-0.3, -0.25) is 4.79 Å². The van der Waals surface area contributed by atoms with Crippen LogP contribution < -0.4 is 0 Å². The van der Waals surface area contributed by atoms with Crippen molar-refractivity contribution in [2.75, 3.05) is 0 Å². The number of thiazole rings is 1. The molecule has 0 atom stereocenters. The van der Waals surface area contributed by atoms with Crippen LogP contribution in [0, 0.1) is 6.92 Å². The van der Waals surface area contributed by atoms with Crippen molar-refractivity contribution in [2.45, 2.75) is 13.5 Å². The van der Waals surface area contributed by atoms with E-state index in [4.69, 9.17) is 0 Å². The van der Waals surface area contributed by atoms with Gasteiger partial charge in [0.2, 0.25) is 0 Å². The number of rotatable bonds is 3. The summed E-state index contributed by atoms with van der Waals surface area (Å²) in [5.41, 5.74) is 0.581. The van der Waals surface area contributed by atoms with Gasteiger partial charge in [-0.25, -0.2) is 9.97 Å². The van der Waals surface area contributed by atoms with Gasteiger partial charge in [-0.1, -0.05) is 0 Å². The molecule has 72 valence electrons. The maximum atomic E-state index is 10.6. The van der Waals surface area contributed by atoms with E-state index in [9.17, 15) is 4.79 Å². The van der Waals surface area contributed by atoms with Gasteiger partial charge in [-0.2, -0.15) is 0 Å². The summed E-state index contributed by atoms with van der Waals surface area (Å²) in [5, 5.41) is 0.989. The molecular formula is C9H9N3OS. The molecule has 0 amide bonds. The molecule has 4 nitrogen and oxygen atoms in total. The third kappa shape index (κ3) is 1.72. The van der Waals surface area contributed by atoms with Crippen LogP contribution in [0.1, 0.15) is 20.4 Å². The fraction of sp³-hybridized carbons (Fsp3) is 0.222. The fourth-order valence-corrected chi connectivity index (χ4v) is 1.97. The van der Waals surface area contributed by atoms with Crippen LogP contribution in [0.15, 0.2) is 18.7 Å². The third-order valence-corrected chi connectivity index (χ3v) is 2.74. The molecule has 0 unspecified atom stereocenters. The minimum Gasteiger partial charge on any atom is -0.321 e. The van der Waals surface area contributed by atoms with Gasteiger partial charge in [-0.15, -0.1) is 11.3 Å². The molecule has 2 rings (SSSR count). The first-order chi connectivity index (χ1) is 6.79. The highest BCUT2D eigenvalue weighted by molar-refractivity contribution is 7.11. The van der Waals surface area contributed by atoms with Crippen molar-refractivity contribution in [2.24, 2.45) is 0 Å². The summed E-state index contributed by atoms with van der Waals surface area (Å²) >= 11 is 1.63. The summed E-state index contributed by atoms with van der Waals surface area (Å²) in [7, 11) is 0. The van der Waals surface area contributed by atoms with Crippen LogP contribution in [0.2, 0.25) is 0 Å². The molecule has 0 saturated heterocycles. The lowest BCUT2D eigenvalue weighted by atomic mass is 10.5. The second-order valence-electron chi connectivity index (χ2n) is 2.93. The van der Waals surface area contributed by atoms with Gasteiger partial charge < -0.3 is 4.57 Å². The maximum Gasteiger partial charge on any atom is 0.168 e. The number of nitrogens with zero attached hydrogens (tertiary/aromatic N) is 3. The largest absolute Gasteiger partial charge is 0.321 e. The standard InChI is InChI=1S/C9H9N3OS/c1-7-2-11-9(14-7)4-12-6-10-3-8(12)5-13/h2-3,5-6H,4H2,1H3. The molecule has 14 heavy (non-hydrogen) atoms. The molecule has 2 heterocycles. The van der Waals surface area contributed by atoms with Crippen LogP contribution in [0.5, 0.6) is 0 Å². The van der Waals surface area contributed by atoms with Gasteiger partial charge in [0, 0.05) is 11.1 Å². The Hall–Kier alpha value is -1.49. The van der Waals surface area contributed by atoms with Gasteiger partial charge in [0.1, 0.15) is 10.7 Å². The van der Waals surface area contributed by atoms with Crippen LogP contribution in [-0.2, 0) is 6.54 Å². The monoisotopic (exact) mass is 207 g/mol. The van der Waals surface area contributed by atoms with E-state index in [2.05, 4.69) is 9.97 Å². The zero-order chi connectivity index (χ0) is 9.97. The summed E-state index contributed by atoms with van der Waals surface area (Å²) in [5.74, 6) is 0. The zero-order valence-electron chi connectivity index (χ0n) is 7.67. The molecule has 0 radical (unpaired) electrons. The predicted octanol–water partition coefficient (Wildman–Crippen LogP) is 1.51. The van der Waals surface area contributed by atoms with Crippen molar-refractivity contribution >= 4 is 17.6 Å². The lowest BCUT2D eigenvalue weighted by Gasteiger charge is -1.99. The molecule has 0 saturated carbocycles. The second-order valence-corrected chi connectivity index (χ2v) is 4.25. The summed E-state index contributed by atoms with van der Waals surface area (Å²) in [6, 6.07) is 0. The van der Waals surface area contributed by atoms with Gasteiger partial charge in [-0.05, 0) is 6.92 Å². The Bertz CT molecular complexity index is 446. The molecule has 2 aromatic rings. The van der Waals surface area contributed by atoms with Crippen LogP contribution >= 0.6 is 11.3 Å². The van der Waals surface area contributed by atoms with Crippen molar-refractivity contribution in [1.29, 1.82) is 0 Å². The van der Waals surface area contributed by atoms with Gasteiger partial charge in [0.15, 0.2) is 6.29 Å². The number of carbonyl (C=O) groups excluding carboxylic acids is 1. The first kappa shape index (κ1) is 9.08. The molecule has 0 spiro atoms. The van der Waals surface area contributed by atoms with Crippen molar-refractivity contribution in [3.8, 4) is 0 Å². The summed E-state index contributed by atoms with van der Waals surface area (Å²) in [6.45, 7) is 2.63. The van der Waals surface area contributed by atoms with Crippen LogP contribution in [-0.4, -0.2) is 20.8 Å². The molecule has 0 bridgehead atoms. The highest BCUT2D eigenvalue weighted by atomic mass is 32.1. The van der Waals surface area contributed by atoms with Crippen molar-refractivity contribution in [1.82, 2.24) is 14.5 Å². The van der Waals surface area contributed by atoms with E-state index in [0.29, 0.717) is 12.2 Å². The Balaban J connectivity index is 2.22. The Morgan fingerprint density at radius 3 is 3.07 bits per heavy atom. The van der Waals surface area contributed by atoms with Gasteiger partial charge in [0.05, 0.1) is 19.1 Å². The first-order valence-electron chi connectivity index (χ1n) is 4.16. The maximum absolute atomic E-state index is 10.6. The number of aldehydes is 1. The molecular weight excluding hydrogens is 198 g/mol. The lowest BCUT2D eigenvalue weighted by Crippen LogP contribution is -2.01. The molecule has 0 aliphatic carbocycles. The van der Waals surface area contributed by atoms with Crippen LogP contribution in [0.3, 0.4) is 0 Å². The summed E-state index contributed by atoms with van der Waals surface area (Å²) < 4.78 is 1.78. The predicted molar refractivity (Wildman–Crippen MR) is 53.6 cm³/mol. The fourth-order valence-electron chi connectivity index (χ4n) is 1.18. The average molecular weight is 207 g/mol. The highest BCUT2D eigenvalue weighted by Gasteiger charge is 2.03. The lowest BCUT2D eigenvalue weighted by molar-refractivity contribution is 0.111. The molecule has 0 fully saturated rings. The third-order valence-electron chi connectivity index (χ3n) is 1.84. The number of hydrogen-bond donors (Lipinski definition) is 0. The van der Waals surface area contributed by atoms with E-state index in [1.54, 1.807) is 28.4 Å². The molecule has 0 aromatic carbocycles. The van der Waals surface area contributed by atoms with E-state index in [1.165, 1.54) is 4.88 Å². The van der Waals surface area contributed by atoms with Crippen molar-refractivity contribution in [3.05, 3.63) is 34.3 Å². The Kier molecular flexibility index (Phi) is 2.41. The number of imidazole rings is 1. The first-order valence-corrected chi connectivity index (χ1v) is 4.98. The Morgan fingerprint density at radius 1 is 1.57 bits per heavy atom. The molecule has 0 aliphatic heterocycles. The van der Waals surface area contributed by atoms with E-state index in [-0.39, 0.29) is 0 Å². The summed E-state index contributed by atoms with van der Waals surface area (Å²) in [6.07, 6.45) is 5.82. The summed E-state index contributed by atoms with van der Waals surface area (Å²) in [4.78, 5) is 19.9. The minimum atomic E-state index is 0.581. The topological polar surface area (TPSA) is 47.8 Å². The van der Waals surface area contributed by atoms with Crippen molar-refractivity contribution < 1.29 is 4.79 Å². The van der Waals surface area contributed by atoms with Gasteiger partial charge in [0.25, 0.3) is 0 Å². The highest BCUT2D eigenvalue weighted by Crippen LogP contribution is 2.13. The van der Waals surface area contributed by atoms with E-state index >= 15 is 0 Å². The Labute approximate surface area is 85.2 Å². The van der Waals surface area contributed by atoms with E-state index < -0.39 is 0 Å². The zero-order valence-corrected chi connectivity index (χ0v) is 8.49. The van der Waals surface area contributed by atoms with Crippen LogP contribution in [0.4, 0.5) is 0 Å². The van der Waals surface area contributed by atoms with Crippen LogP contribution in [0.25, 0.3) is 0 Å². The molecule has 5 heteroatoms. The molecule has 2 aromatic heterocycles. The number of aryl methyl sites for hydroxylation is 1. The molecule has 0 aliphatic rings. The molecule has 0 N–H and O–H groups in total. The average Bonchev–Trinajstić information content (AvgIpc) is 2.76. The normalized spacial score (nSPS) is 10.4. The second kappa shape index (κ2) is 3.71. The number of aromatic nitrogens is 3. The van der Waals surface area contributed by atoms with E-state index in [1.807, 2.05) is 13.1 Å². The SMILES string of the molecule is Cc1cnc(Cn2cncc2C=O)s1. The number of hydrogen-bond acceptors (Lipinski definition) is 4. The number of carbonyl (C=O) groups is 1. The van der Waals surface area contributed by atoms with Crippen molar-refractivity contribution in [3.63, 3.8) is 0 Å². The minimum absolute atomic E-state index is 0.581. The van der Waals surface area contributed by atoms with E-state index in [0.717, 1.165) is 11.3 Å². The smallest absolute Gasteiger partial charge is 0.168 e. The van der Waals surface area contributed by atoms with Gasteiger partial charge >= 0.3 is 0 Å². The quantitative estimate of drug-likeness (QED) is 0.717. The Morgan fingerprint density at radius 2 is 2.43 bits per heavy atom.